The second kappa shape index (κ2) is 9.05. The van der Waals surface area contributed by atoms with Crippen LogP contribution in [0.25, 0.3) is 0 Å². The second-order valence-electron chi connectivity index (χ2n) is 6.34. The van der Waals surface area contributed by atoms with Crippen LogP contribution in [0.15, 0.2) is 18.2 Å². The molecule has 2 heterocycles. The first kappa shape index (κ1) is 18.7. The number of amides is 2. The molecule has 6 nitrogen and oxygen atoms in total. The van der Waals surface area contributed by atoms with Crippen molar-refractivity contribution in [3.63, 3.8) is 0 Å². The fourth-order valence-electron chi connectivity index (χ4n) is 3.07. The number of carbonyl (C=O) groups is 1. The van der Waals surface area contributed by atoms with Gasteiger partial charge in [-0.3, -0.25) is 9.80 Å². The highest BCUT2D eigenvalue weighted by Crippen LogP contribution is 2.25. The fourth-order valence-corrected chi connectivity index (χ4v) is 3.41. The number of ether oxygens (including phenoxy) is 1. The molecule has 138 valence electrons. The Morgan fingerprint density at radius 1 is 1.00 bits per heavy atom. The van der Waals surface area contributed by atoms with Gasteiger partial charge in [0.15, 0.2) is 0 Å². The third-order valence-electron chi connectivity index (χ3n) is 4.67. The molecule has 0 saturated carbocycles. The molecule has 2 amide bonds. The smallest absolute Gasteiger partial charge is 0.321 e. The van der Waals surface area contributed by atoms with Crippen LogP contribution < -0.4 is 5.32 Å². The zero-order valence-electron chi connectivity index (χ0n) is 14.2. The number of hydrogen-bond donors (Lipinski definition) is 1. The van der Waals surface area contributed by atoms with E-state index in [2.05, 4.69) is 15.1 Å². The summed E-state index contributed by atoms with van der Waals surface area (Å²) in [5.74, 6) is 0. The third-order valence-corrected chi connectivity index (χ3v) is 5.23. The number of anilines is 1. The Hall–Kier alpha value is -1.05. The molecule has 1 aromatic rings. The summed E-state index contributed by atoms with van der Waals surface area (Å²) >= 11 is 12.1. The molecule has 0 spiro atoms. The molecule has 2 saturated heterocycles. The number of hydrogen-bond acceptors (Lipinski definition) is 4. The van der Waals surface area contributed by atoms with E-state index in [0.29, 0.717) is 28.8 Å². The maximum atomic E-state index is 12.4. The minimum Gasteiger partial charge on any atom is -0.379 e. The topological polar surface area (TPSA) is 48.1 Å². The highest BCUT2D eigenvalue weighted by atomic mass is 35.5. The molecule has 1 aromatic carbocycles. The van der Waals surface area contributed by atoms with Gasteiger partial charge in [0.05, 0.1) is 23.9 Å². The molecule has 0 bridgehead atoms. The van der Waals surface area contributed by atoms with Gasteiger partial charge in [-0.15, -0.1) is 0 Å². The van der Waals surface area contributed by atoms with Crippen molar-refractivity contribution in [1.29, 1.82) is 0 Å². The number of nitrogens with zero attached hydrogens (tertiary/aromatic N) is 3. The van der Waals surface area contributed by atoms with E-state index < -0.39 is 0 Å². The molecule has 2 fully saturated rings. The number of rotatable bonds is 4. The maximum absolute atomic E-state index is 12.4. The summed E-state index contributed by atoms with van der Waals surface area (Å²) < 4.78 is 5.37. The Kier molecular flexibility index (Phi) is 6.78. The molecular weight excluding hydrogens is 363 g/mol. The van der Waals surface area contributed by atoms with Gasteiger partial charge in [-0.25, -0.2) is 4.79 Å². The number of carbonyl (C=O) groups excluding carboxylic acids is 1. The lowest BCUT2D eigenvalue weighted by Gasteiger charge is -2.36. The molecular formula is C17H24Cl2N4O2. The molecule has 0 aromatic heterocycles. The van der Waals surface area contributed by atoms with Gasteiger partial charge in [0, 0.05) is 57.4 Å². The fraction of sp³-hybridized carbons (Fsp3) is 0.588. The van der Waals surface area contributed by atoms with Crippen molar-refractivity contribution in [1.82, 2.24) is 14.7 Å². The van der Waals surface area contributed by atoms with Gasteiger partial charge >= 0.3 is 6.03 Å². The number of piperazine rings is 1. The van der Waals surface area contributed by atoms with Gasteiger partial charge in [-0.1, -0.05) is 23.2 Å². The summed E-state index contributed by atoms with van der Waals surface area (Å²) in [5.41, 5.74) is 0.550. The highest BCUT2D eigenvalue weighted by Gasteiger charge is 2.22. The van der Waals surface area contributed by atoms with Gasteiger partial charge in [0.2, 0.25) is 0 Å². The van der Waals surface area contributed by atoms with Crippen molar-refractivity contribution in [2.45, 2.75) is 0 Å². The summed E-state index contributed by atoms with van der Waals surface area (Å²) in [5, 5.41) is 3.89. The van der Waals surface area contributed by atoms with E-state index >= 15 is 0 Å². The number of urea groups is 1. The molecule has 0 radical (unpaired) electrons. The predicted molar refractivity (Wildman–Crippen MR) is 101 cm³/mol. The van der Waals surface area contributed by atoms with Gasteiger partial charge in [0.25, 0.3) is 0 Å². The van der Waals surface area contributed by atoms with Crippen LogP contribution in [0, 0.1) is 0 Å². The van der Waals surface area contributed by atoms with Crippen LogP contribution in [-0.4, -0.2) is 86.3 Å². The van der Waals surface area contributed by atoms with E-state index in [0.717, 1.165) is 52.5 Å². The number of benzene rings is 1. The lowest BCUT2D eigenvalue weighted by molar-refractivity contribution is 0.0311. The Morgan fingerprint density at radius 2 is 1.64 bits per heavy atom. The van der Waals surface area contributed by atoms with E-state index in [1.54, 1.807) is 18.2 Å². The third kappa shape index (κ3) is 5.46. The number of halogens is 2. The van der Waals surface area contributed by atoms with Crippen molar-refractivity contribution in [2.75, 3.05) is 70.9 Å². The normalized spacial score (nSPS) is 19.8. The van der Waals surface area contributed by atoms with Crippen molar-refractivity contribution in [2.24, 2.45) is 0 Å². The van der Waals surface area contributed by atoms with Crippen molar-refractivity contribution in [3.05, 3.63) is 28.2 Å². The molecule has 0 unspecified atom stereocenters. The second-order valence-corrected chi connectivity index (χ2v) is 7.18. The van der Waals surface area contributed by atoms with Crippen molar-refractivity contribution >= 4 is 34.9 Å². The summed E-state index contributed by atoms with van der Waals surface area (Å²) in [6, 6.07) is 4.92. The first-order chi connectivity index (χ1) is 12.1. The SMILES string of the molecule is O=C(Nc1cc(Cl)ccc1Cl)N1CCN(CCN2CCOCC2)CC1. The van der Waals surface area contributed by atoms with Crippen molar-refractivity contribution < 1.29 is 9.53 Å². The predicted octanol–water partition coefficient (Wildman–Crippen LogP) is 2.48. The standard InChI is InChI=1S/C17H24Cl2N4O2/c18-14-1-2-15(19)16(13-14)20-17(24)23-7-5-21(6-8-23)3-4-22-9-11-25-12-10-22/h1-2,13H,3-12H2,(H,20,24). The van der Waals surface area contributed by atoms with Crippen LogP contribution in [-0.2, 0) is 4.74 Å². The van der Waals surface area contributed by atoms with Crippen LogP contribution in [0.1, 0.15) is 0 Å². The van der Waals surface area contributed by atoms with E-state index in [1.807, 2.05) is 4.90 Å². The zero-order valence-corrected chi connectivity index (χ0v) is 15.7. The van der Waals surface area contributed by atoms with Gasteiger partial charge in [-0.2, -0.15) is 0 Å². The minimum absolute atomic E-state index is 0.128. The van der Waals surface area contributed by atoms with E-state index in [1.165, 1.54) is 0 Å². The number of nitrogens with one attached hydrogen (secondary N) is 1. The van der Waals surface area contributed by atoms with Gasteiger partial charge in [0.1, 0.15) is 0 Å². The largest absolute Gasteiger partial charge is 0.379 e. The van der Waals surface area contributed by atoms with E-state index in [-0.39, 0.29) is 6.03 Å². The average molecular weight is 387 g/mol. The average Bonchev–Trinajstić information content (AvgIpc) is 2.64. The van der Waals surface area contributed by atoms with Crippen LogP contribution in [0.2, 0.25) is 10.0 Å². The Labute approximate surface area is 158 Å². The quantitative estimate of drug-likeness (QED) is 0.863. The Morgan fingerprint density at radius 3 is 2.32 bits per heavy atom. The number of morpholine rings is 1. The van der Waals surface area contributed by atoms with Crippen molar-refractivity contribution in [3.8, 4) is 0 Å². The highest BCUT2D eigenvalue weighted by molar-refractivity contribution is 6.35. The molecule has 3 rings (SSSR count). The summed E-state index contributed by atoms with van der Waals surface area (Å²) in [7, 11) is 0. The summed E-state index contributed by atoms with van der Waals surface area (Å²) in [6.07, 6.45) is 0. The first-order valence-corrected chi connectivity index (χ1v) is 9.41. The molecule has 2 aliphatic rings. The molecule has 0 atom stereocenters. The maximum Gasteiger partial charge on any atom is 0.321 e. The molecule has 0 aliphatic carbocycles. The Balaban J connectivity index is 1.42. The molecule has 1 N–H and O–H groups in total. The van der Waals surface area contributed by atoms with E-state index in [9.17, 15) is 4.79 Å². The lowest BCUT2D eigenvalue weighted by Crippen LogP contribution is -2.51. The van der Waals surface area contributed by atoms with Crippen LogP contribution in [0.4, 0.5) is 10.5 Å². The Bertz CT molecular complexity index is 588. The zero-order chi connectivity index (χ0) is 17.6. The van der Waals surface area contributed by atoms with Crippen LogP contribution in [0.3, 0.4) is 0 Å². The summed E-state index contributed by atoms with van der Waals surface area (Å²) in [6.45, 7) is 9.01. The van der Waals surface area contributed by atoms with Crippen LogP contribution >= 0.6 is 23.2 Å². The van der Waals surface area contributed by atoms with E-state index in [4.69, 9.17) is 27.9 Å². The molecule has 2 aliphatic heterocycles. The van der Waals surface area contributed by atoms with Crippen LogP contribution in [0.5, 0.6) is 0 Å². The lowest BCUT2D eigenvalue weighted by atomic mass is 10.3. The molecule has 8 heteroatoms. The van der Waals surface area contributed by atoms with Gasteiger partial charge < -0.3 is 15.0 Å². The monoisotopic (exact) mass is 386 g/mol. The minimum atomic E-state index is -0.128. The molecule has 25 heavy (non-hydrogen) atoms. The van der Waals surface area contributed by atoms with Gasteiger partial charge in [-0.05, 0) is 18.2 Å². The summed E-state index contributed by atoms with van der Waals surface area (Å²) in [4.78, 5) is 19.1. The first-order valence-electron chi connectivity index (χ1n) is 8.65.